The zero-order chi connectivity index (χ0) is 15.2. The van der Waals surface area contributed by atoms with Gasteiger partial charge in [-0.2, -0.15) is 0 Å². The molecule has 108 valence electrons. The molecule has 1 aromatic heterocycles. The first-order valence-corrected chi connectivity index (χ1v) is 6.92. The van der Waals surface area contributed by atoms with Crippen LogP contribution in [0.1, 0.15) is 15.9 Å². The summed E-state index contributed by atoms with van der Waals surface area (Å²) in [5.41, 5.74) is 2.97. The predicted molar refractivity (Wildman–Crippen MR) is 85.3 cm³/mol. The zero-order valence-electron chi connectivity index (χ0n) is 11.8. The molecule has 0 aliphatic carbocycles. The fraction of sp³-hybridized carbons (Fsp3) is 0.0556. The molecule has 0 atom stereocenters. The van der Waals surface area contributed by atoms with E-state index < -0.39 is 0 Å². The standard InChI is InChI=1S/C18H14N2O2/c21-18(22-12-4-7-14-5-2-1-3-6-14)15-8-9-16-17(13-15)20-11-10-19-16/h1-11,13H,12H2/b7-4+. The van der Waals surface area contributed by atoms with Crippen LogP contribution < -0.4 is 0 Å². The van der Waals surface area contributed by atoms with Crippen molar-refractivity contribution < 1.29 is 9.53 Å². The Labute approximate surface area is 128 Å². The van der Waals surface area contributed by atoms with Crippen molar-refractivity contribution in [2.75, 3.05) is 6.61 Å². The van der Waals surface area contributed by atoms with E-state index >= 15 is 0 Å². The third-order valence-electron chi connectivity index (χ3n) is 3.13. The van der Waals surface area contributed by atoms with Crippen LogP contribution in [0.4, 0.5) is 0 Å². The fourth-order valence-corrected chi connectivity index (χ4v) is 2.05. The number of rotatable bonds is 4. The molecule has 4 heteroatoms. The Bertz CT molecular complexity index is 813. The normalized spacial score (nSPS) is 10.9. The van der Waals surface area contributed by atoms with Crippen LogP contribution in [0.3, 0.4) is 0 Å². The third-order valence-corrected chi connectivity index (χ3v) is 3.13. The molecule has 0 bridgehead atoms. The quantitative estimate of drug-likeness (QED) is 0.690. The second-order valence-electron chi connectivity index (χ2n) is 4.67. The Morgan fingerprint density at radius 1 is 1.00 bits per heavy atom. The smallest absolute Gasteiger partial charge is 0.338 e. The first-order chi connectivity index (χ1) is 10.8. The zero-order valence-corrected chi connectivity index (χ0v) is 11.8. The highest BCUT2D eigenvalue weighted by molar-refractivity contribution is 5.93. The minimum absolute atomic E-state index is 0.228. The van der Waals surface area contributed by atoms with E-state index in [1.165, 1.54) is 0 Å². The van der Waals surface area contributed by atoms with Crippen LogP contribution in [0.15, 0.2) is 67.0 Å². The van der Waals surface area contributed by atoms with Gasteiger partial charge in [0.2, 0.25) is 0 Å². The molecule has 0 spiro atoms. The molecule has 0 fully saturated rings. The molecule has 4 nitrogen and oxygen atoms in total. The highest BCUT2D eigenvalue weighted by Gasteiger charge is 2.07. The topological polar surface area (TPSA) is 52.1 Å². The molecule has 0 aliphatic rings. The van der Waals surface area contributed by atoms with Crippen LogP contribution in [0.5, 0.6) is 0 Å². The van der Waals surface area contributed by atoms with Crippen LogP contribution in [0, 0.1) is 0 Å². The van der Waals surface area contributed by atoms with E-state index in [1.54, 1.807) is 30.6 Å². The first kappa shape index (κ1) is 13.9. The highest BCUT2D eigenvalue weighted by atomic mass is 16.5. The maximum Gasteiger partial charge on any atom is 0.338 e. The lowest BCUT2D eigenvalue weighted by Crippen LogP contribution is -2.05. The lowest BCUT2D eigenvalue weighted by atomic mass is 10.2. The summed E-state index contributed by atoms with van der Waals surface area (Å²) >= 11 is 0. The van der Waals surface area contributed by atoms with Crippen molar-refractivity contribution in [3.8, 4) is 0 Å². The second kappa shape index (κ2) is 6.63. The highest BCUT2D eigenvalue weighted by Crippen LogP contribution is 2.12. The number of hydrogen-bond donors (Lipinski definition) is 0. The van der Waals surface area contributed by atoms with Crippen molar-refractivity contribution in [3.05, 3.63) is 78.1 Å². The Morgan fingerprint density at radius 2 is 1.77 bits per heavy atom. The Kier molecular flexibility index (Phi) is 4.20. The minimum atomic E-state index is -0.370. The minimum Gasteiger partial charge on any atom is -0.458 e. The lowest BCUT2D eigenvalue weighted by molar-refractivity contribution is 0.0550. The number of esters is 1. The molecule has 3 aromatic rings. The molecule has 0 amide bonds. The maximum atomic E-state index is 12.0. The van der Waals surface area contributed by atoms with E-state index in [-0.39, 0.29) is 12.6 Å². The summed E-state index contributed by atoms with van der Waals surface area (Å²) in [4.78, 5) is 20.3. The van der Waals surface area contributed by atoms with Gasteiger partial charge < -0.3 is 4.74 Å². The number of aromatic nitrogens is 2. The molecule has 2 aromatic carbocycles. The van der Waals surface area contributed by atoms with Crippen molar-refractivity contribution in [2.45, 2.75) is 0 Å². The summed E-state index contributed by atoms with van der Waals surface area (Å²) in [6.45, 7) is 0.228. The van der Waals surface area contributed by atoms with Crippen molar-refractivity contribution >= 4 is 23.1 Å². The van der Waals surface area contributed by atoms with Crippen molar-refractivity contribution in [1.29, 1.82) is 0 Å². The van der Waals surface area contributed by atoms with Gasteiger partial charge in [0, 0.05) is 12.4 Å². The van der Waals surface area contributed by atoms with Gasteiger partial charge in [-0.3, -0.25) is 9.97 Å². The number of ether oxygens (including phenoxy) is 1. The van der Waals surface area contributed by atoms with Crippen LogP contribution >= 0.6 is 0 Å². The summed E-state index contributed by atoms with van der Waals surface area (Å²) in [6, 6.07) is 15.0. The van der Waals surface area contributed by atoms with Gasteiger partial charge in [-0.15, -0.1) is 0 Å². The first-order valence-electron chi connectivity index (χ1n) is 6.92. The maximum absolute atomic E-state index is 12.0. The van der Waals surface area contributed by atoms with E-state index in [4.69, 9.17) is 4.74 Å². The molecule has 0 radical (unpaired) electrons. The number of carbonyl (C=O) groups is 1. The van der Waals surface area contributed by atoms with Gasteiger partial charge in [0.15, 0.2) is 0 Å². The van der Waals surface area contributed by atoms with E-state index in [2.05, 4.69) is 9.97 Å². The number of benzene rings is 2. The molecule has 1 heterocycles. The van der Waals surface area contributed by atoms with Crippen LogP contribution in [-0.2, 0) is 4.74 Å². The van der Waals surface area contributed by atoms with Crippen molar-refractivity contribution in [3.63, 3.8) is 0 Å². The molecular weight excluding hydrogens is 276 g/mol. The van der Waals surface area contributed by atoms with E-state index in [0.29, 0.717) is 11.1 Å². The predicted octanol–water partition coefficient (Wildman–Crippen LogP) is 3.50. The van der Waals surface area contributed by atoms with Gasteiger partial charge >= 0.3 is 5.97 Å². The van der Waals surface area contributed by atoms with Gasteiger partial charge in [-0.05, 0) is 29.8 Å². The average Bonchev–Trinajstić information content (AvgIpc) is 2.59. The monoisotopic (exact) mass is 290 g/mol. The Hall–Kier alpha value is -3.01. The van der Waals surface area contributed by atoms with Crippen LogP contribution in [0.25, 0.3) is 17.1 Å². The number of fused-ring (bicyclic) bond motifs is 1. The van der Waals surface area contributed by atoms with Gasteiger partial charge in [0.25, 0.3) is 0 Å². The molecule has 3 rings (SSSR count). The SMILES string of the molecule is O=C(OC/C=C/c1ccccc1)c1ccc2nccnc2c1. The van der Waals surface area contributed by atoms with Crippen molar-refractivity contribution in [1.82, 2.24) is 9.97 Å². The number of carbonyl (C=O) groups excluding carboxylic acids is 1. The third kappa shape index (κ3) is 3.35. The van der Waals surface area contributed by atoms with Gasteiger partial charge in [-0.1, -0.05) is 36.4 Å². The fourth-order valence-electron chi connectivity index (χ4n) is 2.05. The van der Waals surface area contributed by atoms with Gasteiger partial charge in [-0.25, -0.2) is 4.79 Å². The average molecular weight is 290 g/mol. The lowest BCUT2D eigenvalue weighted by Gasteiger charge is -2.03. The molecule has 0 saturated carbocycles. The molecule has 0 aliphatic heterocycles. The summed E-state index contributed by atoms with van der Waals surface area (Å²) in [5, 5.41) is 0. The summed E-state index contributed by atoms with van der Waals surface area (Å²) in [5.74, 6) is -0.370. The molecular formula is C18H14N2O2. The second-order valence-corrected chi connectivity index (χ2v) is 4.67. The Morgan fingerprint density at radius 3 is 2.59 bits per heavy atom. The van der Waals surface area contributed by atoms with Gasteiger partial charge in [0.05, 0.1) is 16.6 Å². The largest absolute Gasteiger partial charge is 0.458 e. The van der Waals surface area contributed by atoms with Crippen LogP contribution in [0.2, 0.25) is 0 Å². The molecule has 0 N–H and O–H groups in total. The van der Waals surface area contributed by atoms with E-state index in [9.17, 15) is 4.79 Å². The Balaban J connectivity index is 1.62. The summed E-state index contributed by atoms with van der Waals surface area (Å²) in [7, 11) is 0. The summed E-state index contributed by atoms with van der Waals surface area (Å²) < 4.78 is 5.22. The van der Waals surface area contributed by atoms with E-state index in [1.807, 2.05) is 42.5 Å². The van der Waals surface area contributed by atoms with Gasteiger partial charge in [0.1, 0.15) is 6.61 Å². The van der Waals surface area contributed by atoms with E-state index in [0.717, 1.165) is 11.1 Å². The molecule has 0 saturated heterocycles. The molecule has 22 heavy (non-hydrogen) atoms. The molecule has 0 unspecified atom stereocenters. The summed E-state index contributed by atoms with van der Waals surface area (Å²) in [6.07, 6.45) is 6.95. The number of hydrogen-bond acceptors (Lipinski definition) is 4. The number of nitrogens with zero attached hydrogens (tertiary/aromatic N) is 2. The van der Waals surface area contributed by atoms with Crippen molar-refractivity contribution in [2.24, 2.45) is 0 Å². The van der Waals surface area contributed by atoms with Crippen LogP contribution in [-0.4, -0.2) is 22.5 Å².